The van der Waals surface area contributed by atoms with Gasteiger partial charge in [-0.3, -0.25) is 4.68 Å². The maximum Gasteiger partial charge on any atom is 0.0522 e. The maximum absolute atomic E-state index is 6.23. The summed E-state index contributed by atoms with van der Waals surface area (Å²) in [5.41, 5.74) is 9.94. The molecule has 3 nitrogen and oxygen atoms in total. The summed E-state index contributed by atoms with van der Waals surface area (Å²) in [6.45, 7) is 4.40. The van der Waals surface area contributed by atoms with Crippen LogP contribution in [0.15, 0.2) is 36.7 Å². The van der Waals surface area contributed by atoms with Gasteiger partial charge in [-0.2, -0.15) is 5.10 Å². The van der Waals surface area contributed by atoms with Crippen molar-refractivity contribution in [2.45, 2.75) is 32.2 Å². The Kier molecular flexibility index (Phi) is 3.82. The van der Waals surface area contributed by atoms with Crippen LogP contribution in [-0.4, -0.2) is 9.78 Å². The highest BCUT2D eigenvalue weighted by Gasteiger charge is 2.09. The van der Waals surface area contributed by atoms with Crippen LogP contribution in [-0.2, 0) is 13.5 Å². The summed E-state index contributed by atoms with van der Waals surface area (Å²) in [5.74, 6) is 0.564. The Balaban J connectivity index is 2.06. The van der Waals surface area contributed by atoms with Crippen LogP contribution in [0.3, 0.4) is 0 Å². The lowest BCUT2D eigenvalue weighted by Gasteiger charge is -2.12. The van der Waals surface area contributed by atoms with Crippen molar-refractivity contribution in [3.8, 4) is 0 Å². The summed E-state index contributed by atoms with van der Waals surface area (Å²) in [6.07, 6.45) is 4.72. The molecule has 0 aliphatic heterocycles. The van der Waals surface area contributed by atoms with Gasteiger partial charge >= 0.3 is 0 Å². The Bertz CT molecular complexity index is 497. The average molecular weight is 243 g/mol. The second-order valence-corrected chi connectivity index (χ2v) is 5.15. The molecule has 0 radical (unpaired) electrons. The third kappa shape index (κ3) is 2.99. The Morgan fingerprint density at radius 2 is 1.78 bits per heavy atom. The highest BCUT2D eigenvalue weighted by Crippen LogP contribution is 2.19. The van der Waals surface area contributed by atoms with E-state index in [9.17, 15) is 0 Å². The smallest absolute Gasteiger partial charge is 0.0522 e. The zero-order valence-corrected chi connectivity index (χ0v) is 11.3. The zero-order chi connectivity index (χ0) is 13.1. The van der Waals surface area contributed by atoms with Crippen LogP contribution in [0.1, 0.15) is 42.5 Å². The first kappa shape index (κ1) is 12.8. The number of nitrogens with two attached hydrogens (primary N) is 1. The average Bonchev–Trinajstić information content (AvgIpc) is 2.75. The van der Waals surface area contributed by atoms with Crippen LogP contribution in [0.25, 0.3) is 0 Å². The van der Waals surface area contributed by atoms with Crippen LogP contribution >= 0.6 is 0 Å². The van der Waals surface area contributed by atoms with E-state index < -0.39 is 0 Å². The summed E-state index contributed by atoms with van der Waals surface area (Å²) in [6, 6.07) is 8.65. The fraction of sp³-hybridized carbons (Fsp3) is 0.400. The quantitative estimate of drug-likeness (QED) is 0.897. The number of rotatable bonds is 4. The number of hydrogen-bond acceptors (Lipinski definition) is 2. The Hall–Kier alpha value is -1.61. The molecule has 2 N–H and O–H groups in total. The normalized spacial score (nSPS) is 12.9. The zero-order valence-electron chi connectivity index (χ0n) is 11.3. The third-order valence-electron chi connectivity index (χ3n) is 3.25. The van der Waals surface area contributed by atoms with E-state index in [1.54, 1.807) is 0 Å². The van der Waals surface area contributed by atoms with E-state index in [4.69, 9.17) is 5.73 Å². The van der Waals surface area contributed by atoms with Gasteiger partial charge < -0.3 is 5.73 Å². The lowest BCUT2D eigenvalue weighted by molar-refractivity contribution is 0.717. The fourth-order valence-electron chi connectivity index (χ4n) is 2.08. The molecule has 2 rings (SSSR count). The van der Waals surface area contributed by atoms with Gasteiger partial charge in [-0.25, -0.2) is 0 Å². The molecule has 3 heteroatoms. The Morgan fingerprint density at radius 3 is 2.28 bits per heavy atom. The number of benzene rings is 1. The minimum Gasteiger partial charge on any atom is -0.324 e. The summed E-state index contributed by atoms with van der Waals surface area (Å²) in [7, 11) is 1.92. The largest absolute Gasteiger partial charge is 0.324 e. The molecule has 18 heavy (non-hydrogen) atoms. The van der Waals surface area contributed by atoms with Crippen molar-refractivity contribution in [3.05, 3.63) is 53.3 Å². The molecule has 0 bridgehead atoms. The van der Waals surface area contributed by atoms with Crippen molar-refractivity contribution in [2.75, 3.05) is 0 Å². The summed E-state index contributed by atoms with van der Waals surface area (Å²) >= 11 is 0. The molecular weight excluding hydrogens is 222 g/mol. The van der Waals surface area contributed by atoms with Gasteiger partial charge in [0.05, 0.1) is 6.20 Å². The van der Waals surface area contributed by atoms with E-state index >= 15 is 0 Å². The van der Waals surface area contributed by atoms with Crippen molar-refractivity contribution in [2.24, 2.45) is 12.8 Å². The molecule has 1 atom stereocenters. The van der Waals surface area contributed by atoms with Crippen LogP contribution in [0.5, 0.6) is 0 Å². The van der Waals surface area contributed by atoms with Gasteiger partial charge in [0.15, 0.2) is 0 Å². The van der Waals surface area contributed by atoms with Crippen molar-refractivity contribution < 1.29 is 0 Å². The molecule has 0 fully saturated rings. The molecule has 1 heterocycles. The van der Waals surface area contributed by atoms with E-state index in [0.29, 0.717) is 5.92 Å². The van der Waals surface area contributed by atoms with E-state index in [-0.39, 0.29) is 6.04 Å². The molecule has 1 aromatic heterocycles. The van der Waals surface area contributed by atoms with Crippen molar-refractivity contribution >= 4 is 0 Å². The van der Waals surface area contributed by atoms with Crippen LogP contribution in [0.4, 0.5) is 0 Å². The lowest BCUT2D eigenvalue weighted by Crippen LogP contribution is -2.13. The van der Waals surface area contributed by atoms with E-state index in [0.717, 1.165) is 6.42 Å². The second kappa shape index (κ2) is 5.36. The molecule has 0 saturated heterocycles. The van der Waals surface area contributed by atoms with Gasteiger partial charge in [0.25, 0.3) is 0 Å². The number of nitrogens with zero attached hydrogens (tertiary/aromatic N) is 2. The van der Waals surface area contributed by atoms with E-state index in [1.165, 1.54) is 16.7 Å². The monoisotopic (exact) mass is 243 g/mol. The summed E-state index contributed by atoms with van der Waals surface area (Å²) < 4.78 is 1.81. The van der Waals surface area contributed by atoms with Gasteiger partial charge in [-0.1, -0.05) is 38.1 Å². The molecule has 1 aromatic carbocycles. The van der Waals surface area contributed by atoms with Gasteiger partial charge in [0.2, 0.25) is 0 Å². The van der Waals surface area contributed by atoms with Gasteiger partial charge in [0.1, 0.15) is 0 Å². The first-order valence-corrected chi connectivity index (χ1v) is 6.39. The molecule has 2 aromatic rings. The molecule has 0 saturated carbocycles. The second-order valence-electron chi connectivity index (χ2n) is 5.15. The lowest BCUT2D eigenvalue weighted by atomic mass is 9.97. The van der Waals surface area contributed by atoms with E-state index in [1.807, 2.05) is 24.1 Å². The van der Waals surface area contributed by atoms with Gasteiger partial charge in [0, 0.05) is 19.3 Å². The maximum atomic E-state index is 6.23. The first-order chi connectivity index (χ1) is 8.56. The molecule has 1 unspecified atom stereocenters. The van der Waals surface area contributed by atoms with Crippen molar-refractivity contribution in [1.29, 1.82) is 0 Å². The fourth-order valence-corrected chi connectivity index (χ4v) is 2.08. The van der Waals surface area contributed by atoms with Crippen LogP contribution in [0.2, 0.25) is 0 Å². The third-order valence-corrected chi connectivity index (χ3v) is 3.25. The molecule has 96 valence electrons. The number of hydrogen-bond donors (Lipinski definition) is 1. The highest BCUT2D eigenvalue weighted by molar-refractivity contribution is 5.27. The number of aromatic nitrogens is 2. The predicted molar refractivity (Wildman–Crippen MR) is 74.4 cm³/mol. The van der Waals surface area contributed by atoms with Gasteiger partial charge in [-0.15, -0.1) is 0 Å². The van der Waals surface area contributed by atoms with Crippen molar-refractivity contribution in [1.82, 2.24) is 9.78 Å². The predicted octanol–water partition coefficient (Wildman–Crippen LogP) is 2.79. The molecule has 0 spiro atoms. The minimum atomic E-state index is 0.0374. The number of aryl methyl sites for hydroxylation is 1. The molecule has 0 aliphatic carbocycles. The minimum absolute atomic E-state index is 0.0374. The SMILES string of the molecule is CC(C)c1ccc(C(N)Cc2cnn(C)c2)cc1. The van der Waals surface area contributed by atoms with Crippen molar-refractivity contribution in [3.63, 3.8) is 0 Å². The van der Waals surface area contributed by atoms with E-state index in [2.05, 4.69) is 43.2 Å². The summed E-state index contributed by atoms with van der Waals surface area (Å²) in [4.78, 5) is 0. The van der Waals surface area contributed by atoms with Crippen LogP contribution < -0.4 is 5.73 Å². The summed E-state index contributed by atoms with van der Waals surface area (Å²) in [5, 5.41) is 4.16. The highest BCUT2D eigenvalue weighted by atomic mass is 15.2. The topological polar surface area (TPSA) is 43.8 Å². The first-order valence-electron chi connectivity index (χ1n) is 6.39. The Morgan fingerprint density at radius 1 is 1.17 bits per heavy atom. The molecule has 0 amide bonds. The molecule has 0 aliphatic rings. The molecular formula is C15H21N3. The standard InChI is InChI=1S/C15H21N3/c1-11(2)13-4-6-14(7-5-13)15(16)8-12-9-17-18(3)10-12/h4-7,9-11,15H,8,16H2,1-3H3. The van der Waals surface area contributed by atoms with Crippen LogP contribution in [0, 0.1) is 0 Å². The Labute approximate surface area is 109 Å². The van der Waals surface area contributed by atoms with Gasteiger partial charge in [-0.05, 0) is 29.0 Å².